The lowest BCUT2D eigenvalue weighted by Crippen LogP contribution is -2.54. The topological polar surface area (TPSA) is 152 Å². The number of rotatable bonds is 5. The molecule has 2 atom stereocenters. The molecule has 0 heterocycles. The summed E-state index contributed by atoms with van der Waals surface area (Å²) < 4.78 is 0. The fourth-order valence-electron chi connectivity index (χ4n) is 0.724. The van der Waals surface area contributed by atoms with Gasteiger partial charge in [0, 0.05) is 0 Å². The van der Waals surface area contributed by atoms with E-state index in [2.05, 4.69) is 0 Å². The quantitative estimate of drug-likeness (QED) is 0.338. The number of carbonyl (C=O) groups is 3. The van der Waals surface area contributed by atoms with Crippen molar-refractivity contribution >= 4 is 17.9 Å². The third-order valence-corrected chi connectivity index (χ3v) is 1.48. The van der Waals surface area contributed by atoms with Gasteiger partial charge in [-0.3, -0.25) is 4.79 Å². The first kappa shape index (κ1) is 12.3. The van der Waals surface area contributed by atoms with Crippen LogP contribution in [-0.2, 0) is 14.4 Å². The first-order valence-corrected chi connectivity index (χ1v) is 3.30. The highest BCUT2D eigenvalue weighted by atomic mass is 16.4. The molecule has 0 aliphatic rings. The zero-order valence-corrected chi connectivity index (χ0v) is 6.75. The van der Waals surface area contributed by atoms with Gasteiger partial charge in [-0.05, 0) is 0 Å². The van der Waals surface area contributed by atoms with Gasteiger partial charge in [-0.2, -0.15) is 0 Å². The Hall–Kier alpha value is -1.67. The normalized spacial score (nSPS) is 16.7. The molecule has 0 aromatic rings. The predicted molar refractivity (Wildman–Crippen MR) is 38.5 cm³/mol. The van der Waals surface area contributed by atoms with Gasteiger partial charge in [0.15, 0.2) is 6.10 Å². The maximum Gasteiger partial charge on any atom is 0.339 e. The Labute approximate surface area is 77.0 Å². The lowest BCUT2D eigenvalue weighted by molar-refractivity contribution is -0.187. The van der Waals surface area contributed by atoms with Crippen LogP contribution in [0.2, 0.25) is 0 Å². The van der Waals surface area contributed by atoms with Crippen molar-refractivity contribution in [2.45, 2.75) is 18.1 Å². The van der Waals surface area contributed by atoms with Gasteiger partial charge in [-0.25, -0.2) is 9.59 Å². The summed E-state index contributed by atoms with van der Waals surface area (Å²) in [6.07, 6.45) is -4.11. The van der Waals surface area contributed by atoms with E-state index in [1.807, 2.05) is 0 Å². The number of carboxylic acid groups (broad SMARTS) is 3. The summed E-state index contributed by atoms with van der Waals surface area (Å²) in [6, 6.07) is 0. The van der Waals surface area contributed by atoms with E-state index in [9.17, 15) is 14.4 Å². The minimum absolute atomic E-state index is 1.41. The summed E-state index contributed by atoms with van der Waals surface area (Å²) in [5.41, 5.74) is -3.22. The van der Waals surface area contributed by atoms with E-state index in [1.165, 1.54) is 0 Å². The van der Waals surface area contributed by atoms with Crippen LogP contribution in [0.4, 0.5) is 0 Å². The molecule has 0 bridgehead atoms. The van der Waals surface area contributed by atoms with Crippen molar-refractivity contribution in [2.75, 3.05) is 0 Å². The van der Waals surface area contributed by atoms with E-state index >= 15 is 0 Å². The van der Waals surface area contributed by atoms with Crippen molar-refractivity contribution in [1.82, 2.24) is 0 Å². The molecule has 0 unspecified atom stereocenters. The number of hydrogen-bond acceptors (Lipinski definition) is 5. The molecule has 8 heteroatoms. The fraction of sp³-hybridized carbons (Fsp3) is 0.500. The molecule has 0 saturated heterocycles. The molecular weight excluding hydrogens is 200 g/mol. The molecule has 0 aliphatic heterocycles. The molecule has 80 valence electrons. The molecule has 0 aliphatic carbocycles. The van der Waals surface area contributed by atoms with Gasteiger partial charge in [-0.15, -0.1) is 0 Å². The van der Waals surface area contributed by atoms with Crippen molar-refractivity contribution in [3.63, 3.8) is 0 Å². The Bertz CT molecular complexity index is 271. The van der Waals surface area contributed by atoms with Crippen LogP contribution in [0, 0.1) is 0 Å². The van der Waals surface area contributed by atoms with E-state index in [0.29, 0.717) is 0 Å². The second kappa shape index (κ2) is 4.03. The van der Waals surface area contributed by atoms with Crippen molar-refractivity contribution in [3.8, 4) is 0 Å². The maximum absolute atomic E-state index is 10.4. The summed E-state index contributed by atoms with van der Waals surface area (Å²) in [4.78, 5) is 30.7. The van der Waals surface area contributed by atoms with Gasteiger partial charge < -0.3 is 25.5 Å². The van der Waals surface area contributed by atoms with Crippen molar-refractivity contribution < 1.29 is 39.9 Å². The molecule has 0 saturated carbocycles. The average molecular weight is 208 g/mol. The van der Waals surface area contributed by atoms with Crippen molar-refractivity contribution in [3.05, 3.63) is 0 Å². The van der Waals surface area contributed by atoms with Crippen LogP contribution in [-0.4, -0.2) is 55.1 Å². The molecular formula is C6H8O8. The van der Waals surface area contributed by atoms with Gasteiger partial charge in [0.1, 0.15) is 0 Å². The molecule has 0 fully saturated rings. The van der Waals surface area contributed by atoms with Crippen LogP contribution < -0.4 is 0 Å². The lowest BCUT2D eigenvalue weighted by Gasteiger charge is -2.23. The number of aliphatic hydroxyl groups excluding tert-OH is 1. The summed E-state index contributed by atoms with van der Waals surface area (Å²) in [7, 11) is 0. The zero-order chi connectivity index (χ0) is 11.5. The Morgan fingerprint density at radius 3 is 1.79 bits per heavy atom. The highest BCUT2D eigenvalue weighted by Gasteiger charge is 2.49. The zero-order valence-electron chi connectivity index (χ0n) is 6.75. The number of hydrogen-bond donors (Lipinski definition) is 5. The summed E-state index contributed by atoms with van der Waals surface area (Å²) >= 11 is 0. The van der Waals surface area contributed by atoms with Gasteiger partial charge >= 0.3 is 17.9 Å². The molecule has 0 aromatic heterocycles. The summed E-state index contributed by atoms with van der Waals surface area (Å²) in [5, 5.41) is 42.6. The van der Waals surface area contributed by atoms with Crippen LogP contribution in [0.1, 0.15) is 6.42 Å². The third-order valence-electron chi connectivity index (χ3n) is 1.48. The van der Waals surface area contributed by atoms with Gasteiger partial charge in [0.2, 0.25) is 5.60 Å². The van der Waals surface area contributed by atoms with E-state index < -0.39 is 36.0 Å². The number of aliphatic carboxylic acids is 3. The first-order chi connectivity index (χ1) is 6.21. The van der Waals surface area contributed by atoms with Crippen LogP contribution in [0.5, 0.6) is 0 Å². The van der Waals surface area contributed by atoms with E-state index in [4.69, 9.17) is 25.5 Å². The fourth-order valence-corrected chi connectivity index (χ4v) is 0.724. The molecule has 8 nitrogen and oxygen atoms in total. The smallest absolute Gasteiger partial charge is 0.339 e. The Morgan fingerprint density at radius 2 is 1.57 bits per heavy atom. The maximum atomic E-state index is 10.4. The highest BCUT2D eigenvalue weighted by Crippen LogP contribution is 2.16. The SMILES string of the molecule is O=C(O)C[C@@](O)(C(=O)O)[C@@H](O)C(=O)O. The molecule has 14 heavy (non-hydrogen) atoms. The highest BCUT2D eigenvalue weighted by molar-refractivity contribution is 5.90. The average Bonchev–Trinajstić information content (AvgIpc) is 2.00. The Morgan fingerprint density at radius 1 is 1.14 bits per heavy atom. The lowest BCUT2D eigenvalue weighted by atomic mass is 9.93. The molecule has 0 rings (SSSR count). The van der Waals surface area contributed by atoms with Crippen LogP contribution >= 0.6 is 0 Å². The second-order valence-corrected chi connectivity index (χ2v) is 2.54. The van der Waals surface area contributed by atoms with Gasteiger partial charge in [0.05, 0.1) is 6.42 Å². The standard InChI is InChI=1S/C6H8O8/c7-2(8)1-6(14,5(12)13)3(9)4(10)11/h3,9,14H,1H2,(H,7,8)(H,10,11)(H,12,13)/t3-,6-/m0/s1. The van der Waals surface area contributed by atoms with Crippen molar-refractivity contribution in [2.24, 2.45) is 0 Å². The van der Waals surface area contributed by atoms with E-state index in [0.717, 1.165) is 0 Å². The van der Waals surface area contributed by atoms with E-state index in [1.54, 1.807) is 0 Å². The second-order valence-electron chi connectivity index (χ2n) is 2.54. The molecule has 5 N–H and O–H groups in total. The molecule has 0 spiro atoms. The summed E-state index contributed by atoms with van der Waals surface area (Å²) in [5.74, 6) is -5.87. The Balaban J connectivity index is 4.99. The monoisotopic (exact) mass is 208 g/mol. The van der Waals surface area contributed by atoms with Gasteiger partial charge in [-0.1, -0.05) is 0 Å². The third kappa shape index (κ3) is 2.41. The van der Waals surface area contributed by atoms with Crippen LogP contribution in [0.15, 0.2) is 0 Å². The minimum atomic E-state index is -3.22. The minimum Gasteiger partial charge on any atom is -0.481 e. The van der Waals surface area contributed by atoms with Crippen molar-refractivity contribution in [1.29, 1.82) is 0 Å². The molecule has 0 aromatic carbocycles. The number of carboxylic acids is 3. The van der Waals surface area contributed by atoms with Crippen LogP contribution in [0.25, 0.3) is 0 Å². The predicted octanol–water partition coefficient (Wildman–Crippen LogP) is -2.28. The summed E-state index contributed by atoms with van der Waals surface area (Å²) in [6.45, 7) is 0. The molecule has 0 amide bonds. The first-order valence-electron chi connectivity index (χ1n) is 3.30. The van der Waals surface area contributed by atoms with E-state index in [-0.39, 0.29) is 0 Å². The van der Waals surface area contributed by atoms with Gasteiger partial charge in [0.25, 0.3) is 0 Å². The molecule has 0 radical (unpaired) electrons. The van der Waals surface area contributed by atoms with Crippen LogP contribution in [0.3, 0.4) is 0 Å². The Kier molecular flexibility index (Phi) is 3.55. The number of aliphatic hydroxyl groups is 2. The largest absolute Gasteiger partial charge is 0.481 e.